The molecule has 0 fully saturated rings. The van der Waals surface area contributed by atoms with Crippen molar-refractivity contribution in [2.75, 3.05) is 5.73 Å². The van der Waals surface area contributed by atoms with Crippen LogP contribution >= 0.6 is 11.6 Å². The number of anilines is 1. The topological polar surface area (TPSA) is 68.0 Å². The normalized spacial score (nSPS) is 11.9. The average Bonchev–Trinajstić information content (AvgIpc) is 2.42. The zero-order valence-electron chi connectivity index (χ0n) is 10.4. The van der Waals surface area contributed by atoms with Gasteiger partial charge in [0.2, 0.25) is 0 Å². The van der Waals surface area contributed by atoms with Gasteiger partial charge in [-0.25, -0.2) is 0 Å². The van der Waals surface area contributed by atoms with Crippen LogP contribution in [0.1, 0.15) is 28.9 Å². The van der Waals surface area contributed by atoms with Crippen molar-refractivity contribution in [1.29, 1.82) is 0 Å². The lowest BCUT2D eigenvalue weighted by Crippen LogP contribution is -2.27. The maximum Gasteiger partial charge on any atom is 0.253 e. The summed E-state index contributed by atoms with van der Waals surface area (Å²) >= 11 is 5.90. The van der Waals surface area contributed by atoms with Crippen molar-refractivity contribution in [1.82, 2.24) is 10.3 Å². The number of pyridine rings is 1. The number of aromatic nitrogens is 1. The van der Waals surface area contributed by atoms with Crippen LogP contribution in [-0.2, 0) is 0 Å². The molecule has 0 spiro atoms. The van der Waals surface area contributed by atoms with E-state index in [2.05, 4.69) is 10.3 Å². The SMILES string of the molecule is CC(NC(=O)c1cccc(Cl)c1N)c1ccncc1. The minimum atomic E-state index is -0.246. The third-order valence-corrected chi connectivity index (χ3v) is 3.18. The first-order valence-corrected chi connectivity index (χ1v) is 6.22. The molecule has 1 amide bonds. The molecule has 1 aromatic carbocycles. The van der Waals surface area contributed by atoms with Crippen LogP contribution in [0.3, 0.4) is 0 Å². The van der Waals surface area contributed by atoms with Gasteiger partial charge in [0.1, 0.15) is 0 Å². The zero-order chi connectivity index (χ0) is 13.8. The number of carbonyl (C=O) groups excluding carboxylic acids is 1. The summed E-state index contributed by atoms with van der Waals surface area (Å²) in [5, 5.41) is 3.25. The standard InChI is InChI=1S/C14H14ClN3O/c1-9(10-5-7-17-8-6-10)18-14(19)11-3-2-4-12(15)13(11)16/h2-9H,16H2,1H3,(H,18,19). The third kappa shape index (κ3) is 3.03. The van der Waals surface area contributed by atoms with Gasteiger partial charge in [0, 0.05) is 12.4 Å². The highest BCUT2D eigenvalue weighted by molar-refractivity contribution is 6.33. The first-order chi connectivity index (χ1) is 9.09. The van der Waals surface area contributed by atoms with E-state index in [0.717, 1.165) is 5.56 Å². The Morgan fingerprint density at radius 1 is 1.32 bits per heavy atom. The number of nitrogens with one attached hydrogen (secondary N) is 1. The van der Waals surface area contributed by atoms with Crippen molar-refractivity contribution < 1.29 is 4.79 Å². The van der Waals surface area contributed by atoms with Crippen LogP contribution in [-0.4, -0.2) is 10.9 Å². The predicted octanol–water partition coefficient (Wildman–Crippen LogP) is 2.81. The fourth-order valence-corrected chi connectivity index (χ4v) is 1.92. The quantitative estimate of drug-likeness (QED) is 0.847. The van der Waals surface area contributed by atoms with Gasteiger partial charge in [-0.05, 0) is 36.8 Å². The molecular weight excluding hydrogens is 262 g/mol. The molecule has 0 aliphatic rings. The molecule has 1 aromatic heterocycles. The molecule has 1 unspecified atom stereocenters. The van der Waals surface area contributed by atoms with Gasteiger partial charge in [-0.15, -0.1) is 0 Å². The Kier molecular flexibility index (Phi) is 4.02. The second-order valence-electron chi connectivity index (χ2n) is 4.18. The van der Waals surface area contributed by atoms with Gasteiger partial charge in [0.05, 0.1) is 22.3 Å². The molecule has 0 aliphatic heterocycles. The van der Waals surface area contributed by atoms with E-state index in [1.54, 1.807) is 30.6 Å². The molecular formula is C14H14ClN3O. The summed E-state index contributed by atoms with van der Waals surface area (Å²) in [7, 11) is 0. The number of halogens is 1. The summed E-state index contributed by atoms with van der Waals surface area (Å²) in [6, 6.07) is 8.58. The molecule has 19 heavy (non-hydrogen) atoms. The number of nitrogens with two attached hydrogens (primary N) is 1. The maximum absolute atomic E-state index is 12.1. The minimum Gasteiger partial charge on any atom is -0.397 e. The monoisotopic (exact) mass is 275 g/mol. The molecule has 3 N–H and O–H groups in total. The fourth-order valence-electron chi connectivity index (χ4n) is 1.74. The number of hydrogen-bond acceptors (Lipinski definition) is 3. The van der Waals surface area contributed by atoms with Gasteiger partial charge in [0.25, 0.3) is 5.91 Å². The van der Waals surface area contributed by atoms with Crippen LogP contribution < -0.4 is 11.1 Å². The smallest absolute Gasteiger partial charge is 0.253 e. The maximum atomic E-state index is 12.1. The Morgan fingerprint density at radius 2 is 2.00 bits per heavy atom. The first kappa shape index (κ1) is 13.4. The van der Waals surface area contributed by atoms with Gasteiger partial charge in [-0.1, -0.05) is 17.7 Å². The van der Waals surface area contributed by atoms with Crippen molar-refractivity contribution >= 4 is 23.2 Å². The summed E-state index contributed by atoms with van der Waals surface area (Å²) in [5.41, 5.74) is 7.45. The van der Waals surface area contributed by atoms with E-state index in [0.29, 0.717) is 16.3 Å². The Labute approximate surface area is 116 Å². The Morgan fingerprint density at radius 3 is 2.68 bits per heavy atom. The molecule has 0 bridgehead atoms. The van der Waals surface area contributed by atoms with Gasteiger partial charge in [0.15, 0.2) is 0 Å². The lowest BCUT2D eigenvalue weighted by Gasteiger charge is -2.15. The van der Waals surface area contributed by atoms with Crippen LogP contribution in [0.4, 0.5) is 5.69 Å². The Bertz CT molecular complexity index is 586. The average molecular weight is 276 g/mol. The van der Waals surface area contributed by atoms with Gasteiger partial charge < -0.3 is 11.1 Å². The molecule has 0 saturated carbocycles. The highest BCUT2D eigenvalue weighted by Gasteiger charge is 2.14. The Balaban J connectivity index is 2.16. The largest absolute Gasteiger partial charge is 0.397 e. The van der Waals surface area contributed by atoms with Crippen LogP contribution in [0.15, 0.2) is 42.7 Å². The van der Waals surface area contributed by atoms with Crippen molar-refractivity contribution in [3.8, 4) is 0 Å². The lowest BCUT2D eigenvalue weighted by molar-refractivity contribution is 0.0941. The predicted molar refractivity (Wildman–Crippen MR) is 76.0 cm³/mol. The lowest BCUT2D eigenvalue weighted by atomic mass is 10.1. The van der Waals surface area contributed by atoms with Gasteiger partial charge >= 0.3 is 0 Å². The van der Waals surface area contributed by atoms with Crippen molar-refractivity contribution in [2.24, 2.45) is 0 Å². The number of rotatable bonds is 3. The molecule has 0 radical (unpaired) electrons. The number of benzene rings is 1. The molecule has 98 valence electrons. The number of amides is 1. The van der Waals surface area contributed by atoms with E-state index < -0.39 is 0 Å². The highest BCUT2D eigenvalue weighted by atomic mass is 35.5. The minimum absolute atomic E-state index is 0.131. The summed E-state index contributed by atoms with van der Waals surface area (Å²) < 4.78 is 0. The molecule has 0 saturated heterocycles. The third-order valence-electron chi connectivity index (χ3n) is 2.85. The number of hydrogen-bond donors (Lipinski definition) is 2. The number of carbonyl (C=O) groups is 1. The van der Waals surface area contributed by atoms with Crippen LogP contribution in [0.5, 0.6) is 0 Å². The number of para-hydroxylation sites is 1. The van der Waals surface area contributed by atoms with Crippen molar-refractivity contribution in [2.45, 2.75) is 13.0 Å². The van der Waals surface area contributed by atoms with Gasteiger partial charge in [-0.2, -0.15) is 0 Å². The Hall–Kier alpha value is -2.07. The van der Waals surface area contributed by atoms with Crippen molar-refractivity contribution in [3.63, 3.8) is 0 Å². The van der Waals surface area contributed by atoms with E-state index in [1.807, 2.05) is 19.1 Å². The summed E-state index contributed by atoms with van der Waals surface area (Å²) in [6.07, 6.45) is 3.37. The molecule has 5 heteroatoms. The van der Waals surface area contributed by atoms with Crippen LogP contribution in [0, 0.1) is 0 Å². The molecule has 2 rings (SSSR count). The first-order valence-electron chi connectivity index (χ1n) is 5.84. The van der Waals surface area contributed by atoms with Crippen LogP contribution in [0.25, 0.3) is 0 Å². The fraction of sp³-hybridized carbons (Fsp3) is 0.143. The molecule has 4 nitrogen and oxygen atoms in total. The second-order valence-corrected chi connectivity index (χ2v) is 4.58. The second kappa shape index (κ2) is 5.71. The number of nitrogen functional groups attached to an aromatic ring is 1. The summed E-state index contributed by atoms with van der Waals surface area (Å²) in [4.78, 5) is 16.1. The van der Waals surface area contributed by atoms with Gasteiger partial charge in [-0.3, -0.25) is 9.78 Å². The summed E-state index contributed by atoms with van der Waals surface area (Å²) in [6.45, 7) is 1.90. The van der Waals surface area contributed by atoms with E-state index in [4.69, 9.17) is 17.3 Å². The van der Waals surface area contributed by atoms with Crippen LogP contribution in [0.2, 0.25) is 5.02 Å². The molecule has 2 aromatic rings. The highest BCUT2D eigenvalue weighted by Crippen LogP contribution is 2.23. The van der Waals surface area contributed by atoms with E-state index in [9.17, 15) is 4.79 Å². The van der Waals surface area contributed by atoms with E-state index >= 15 is 0 Å². The van der Waals surface area contributed by atoms with E-state index in [1.165, 1.54) is 0 Å². The summed E-state index contributed by atoms with van der Waals surface area (Å²) in [5.74, 6) is -0.246. The van der Waals surface area contributed by atoms with E-state index in [-0.39, 0.29) is 11.9 Å². The molecule has 1 heterocycles. The van der Waals surface area contributed by atoms with Crippen molar-refractivity contribution in [3.05, 3.63) is 58.9 Å². The molecule has 0 aliphatic carbocycles. The number of nitrogens with zero attached hydrogens (tertiary/aromatic N) is 1. The molecule has 1 atom stereocenters. The zero-order valence-corrected chi connectivity index (χ0v) is 11.2.